The van der Waals surface area contributed by atoms with Crippen LogP contribution in [0.3, 0.4) is 0 Å². The standard InChI is InChI=1S/C10H16BrN3O/c1-4-5-10(2,3)14-8-7(11)9(15)13-6-12-8/h6H,4-5H2,1-3H3,(H2,12,13,14,15). The number of nitrogens with zero attached hydrogens (tertiary/aromatic N) is 1. The molecule has 0 spiro atoms. The molecule has 2 N–H and O–H groups in total. The summed E-state index contributed by atoms with van der Waals surface area (Å²) in [5, 5.41) is 3.25. The summed E-state index contributed by atoms with van der Waals surface area (Å²) in [5.74, 6) is 0.595. The highest BCUT2D eigenvalue weighted by Crippen LogP contribution is 2.21. The third-order valence-corrected chi connectivity index (χ3v) is 2.86. The summed E-state index contributed by atoms with van der Waals surface area (Å²) < 4.78 is 0.453. The number of halogens is 1. The van der Waals surface area contributed by atoms with Crippen LogP contribution in [-0.2, 0) is 0 Å². The van der Waals surface area contributed by atoms with Crippen molar-refractivity contribution in [1.82, 2.24) is 9.97 Å². The lowest BCUT2D eigenvalue weighted by Crippen LogP contribution is -2.32. The van der Waals surface area contributed by atoms with Gasteiger partial charge in [-0.1, -0.05) is 13.3 Å². The molecule has 1 rings (SSSR count). The predicted molar refractivity (Wildman–Crippen MR) is 65.2 cm³/mol. The lowest BCUT2D eigenvalue weighted by molar-refractivity contribution is 0.508. The van der Waals surface area contributed by atoms with Gasteiger partial charge in [-0.3, -0.25) is 4.79 Å². The zero-order valence-corrected chi connectivity index (χ0v) is 10.8. The molecule has 1 aromatic rings. The minimum Gasteiger partial charge on any atom is -0.364 e. The lowest BCUT2D eigenvalue weighted by Gasteiger charge is -2.26. The van der Waals surface area contributed by atoms with Crippen molar-refractivity contribution >= 4 is 21.7 Å². The first-order valence-corrected chi connectivity index (χ1v) is 5.77. The van der Waals surface area contributed by atoms with E-state index in [1.807, 2.05) is 0 Å². The summed E-state index contributed by atoms with van der Waals surface area (Å²) in [6, 6.07) is 0. The Balaban J connectivity index is 2.90. The van der Waals surface area contributed by atoms with Crippen molar-refractivity contribution in [1.29, 1.82) is 0 Å². The topological polar surface area (TPSA) is 57.8 Å². The fourth-order valence-corrected chi connectivity index (χ4v) is 1.79. The first kappa shape index (κ1) is 12.2. The van der Waals surface area contributed by atoms with Crippen LogP contribution < -0.4 is 10.9 Å². The van der Waals surface area contributed by atoms with Crippen LogP contribution in [0, 0.1) is 0 Å². The van der Waals surface area contributed by atoms with Gasteiger partial charge in [0, 0.05) is 5.54 Å². The fourth-order valence-electron chi connectivity index (χ4n) is 1.48. The van der Waals surface area contributed by atoms with Crippen LogP contribution in [0.25, 0.3) is 0 Å². The smallest absolute Gasteiger partial charge is 0.267 e. The zero-order valence-electron chi connectivity index (χ0n) is 9.22. The number of aromatic nitrogens is 2. The number of aromatic amines is 1. The van der Waals surface area contributed by atoms with Crippen LogP contribution in [0.15, 0.2) is 15.6 Å². The largest absolute Gasteiger partial charge is 0.364 e. The van der Waals surface area contributed by atoms with Gasteiger partial charge in [-0.25, -0.2) is 4.98 Å². The van der Waals surface area contributed by atoms with Crippen molar-refractivity contribution in [3.8, 4) is 0 Å². The highest BCUT2D eigenvalue weighted by atomic mass is 79.9. The van der Waals surface area contributed by atoms with Gasteiger partial charge in [0.05, 0.1) is 6.33 Å². The Labute approximate surface area is 97.6 Å². The van der Waals surface area contributed by atoms with Crippen molar-refractivity contribution in [3.05, 3.63) is 21.2 Å². The van der Waals surface area contributed by atoms with Crippen LogP contribution in [0.5, 0.6) is 0 Å². The molecule has 0 saturated heterocycles. The van der Waals surface area contributed by atoms with Crippen molar-refractivity contribution in [3.63, 3.8) is 0 Å². The lowest BCUT2D eigenvalue weighted by atomic mass is 9.99. The average molecular weight is 274 g/mol. The molecule has 4 nitrogen and oxygen atoms in total. The van der Waals surface area contributed by atoms with E-state index in [2.05, 4.69) is 52.0 Å². The van der Waals surface area contributed by atoms with Gasteiger partial charge in [0.15, 0.2) is 0 Å². The first-order chi connectivity index (χ1) is 6.96. The van der Waals surface area contributed by atoms with Crippen LogP contribution >= 0.6 is 15.9 Å². The Morgan fingerprint density at radius 1 is 1.60 bits per heavy atom. The van der Waals surface area contributed by atoms with E-state index in [0.29, 0.717) is 10.3 Å². The quantitative estimate of drug-likeness (QED) is 0.887. The molecule has 84 valence electrons. The number of anilines is 1. The molecular weight excluding hydrogens is 258 g/mol. The van der Waals surface area contributed by atoms with Crippen molar-refractivity contribution in [2.45, 2.75) is 39.2 Å². The maximum Gasteiger partial charge on any atom is 0.267 e. The van der Waals surface area contributed by atoms with Gasteiger partial charge in [0.1, 0.15) is 10.3 Å². The molecule has 0 fully saturated rings. The summed E-state index contributed by atoms with van der Waals surface area (Å²) in [7, 11) is 0. The molecule has 0 aliphatic heterocycles. The number of nitrogens with one attached hydrogen (secondary N) is 2. The van der Waals surface area contributed by atoms with E-state index in [1.165, 1.54) is 6.33 Å². The Hall–Kier alpha value is -0.840. The number of H-pyrrole nitrogens is 1. The van der Waals surface area contributed by atoms with Crippen molar-refractivity contribution in [2.24, 2.45) is 0 Å². The second-order valence-electron chi connectivity index (χ2n) is 4.15. The summed E-state index contributed by atoms with van der Waals surface area (Å²) in [6.45, 7) is 6.31. The maximum absolute atomic E-state index is 11.3. The maximum atomic E-state index is 11.3. The molecule has 0 aromatic carbocycles. The van der Waals surface area contributed by atoms with Gasteiger partial charge < -0.3 is 10.3 Å². The Kier molecular flexibility index (Phi) is 3.90. The minimum atomic E-state index is -0.167. The monoisotopic (exact) mass is 273 g/mol. The summed E-state index contributed by atoms with van der Waals surface area (Å²) >= 11 is 3.22. The molecule has 0 radical (unpaired) electrons. The zero-order chi connectivity index (χ0) is 11.5. The third-order valence-electron chi connectivity index (χ3n) is 2.13. The van der Waals surface area contributed by atoms with E-state index in [0.717, 1.165) is 12.8 Å². The Morgan fingerprint density at radius 2 is 2.27 bits per heavy atom. The molecule has 0 aliphatic carbocycles. The molecule has 15 heavy (non-hydrogen) atoms. The third kappa shape index (κ3) is 3.34. The van der Waals surface area contributed by atoms with E-state index in [1.54, 1.807) is 0 Å². The van der Waals surface area contributed by atoms with Gasteiger partial charge >= 0.3 is 0 Å². The fraction of sp³-hybridized carbons (Fsp3) is 0.600. The van der Waals surface area contributed by atoms with E-state index in [4.69, 9.17) is 0 Å². The van der Waals surface area contributed by atoms with Crippen molar-refractivity contribution in [2.75, 3.05) is 5.32 Å². The molecule has 5 heteroatoms. The molecule has 0 amide bonds. The second-order valence-corrected chi connectivity index (χ2v) is 4.95. The molecule has 0 atom stereocenters. The van der Waals surface area contributed by atoms with Gasteiger partial charge in [-0.15, -0.1) is 0 Å². The van der Waals surface area contributed by atoms with E-state index >= 15 is 0 Å². The van der Waals surface area contributed by atoms with E-state index < -0.39 is 0 Å². The van der Waals surface area contributed by atoms with Crippen LogP contribution in [0.4, 0.5) is 5.82 Å². The van der Waals surface area contributed by atoms with Gasteiger partial charge in [0.25, 0.3) is 5.56 Å². The van der Waals surface area contributed by atoms with E-state index in [9.17, 15) is 4.79 Å². The number of rotatable bonds is 4. The normalized spacial score (nSPS) is 11.5. The minimum absolute atomic E-state index is 0.0575. The number of hydrogen-bond donors (Lipinski definition) is 2. The summed E-state index contributed by atoms with van der Waals surface area (Å²) in [5.41, 5.74) is -0.224. The van der Waals surface area contributed by atoms with E-state index in [-0.39, 0.29) is 11.1 Å². The average Bonchev–Trinajstić information content (AvgIpc) is 2.12. The molecule has 1 heterocycles. The molecular formula is C10H16BrN3O. The molecule has 0 unspecified atom stereocenters. The van der Waals surface area contributed by atoms with Crippen molar-refractivity contribution < 1.29 is 0 Å². The Morgan fingerprint density at radius 3 is 2.87 bits per heavy atom. The summed E-state index contributed by atoms with van der Waals surface area (Å²) in [6.07, 6.45) is 3.51. The first-order valence-electron chi connectivity index (χ1n) is 4.97. The predicted octanol–water partition coefficient (Wildman–Crippen LogP) is 2.52. The van der Waals surface area contributed by atoms with Gasteiger partial charge in [-0.05, 0) is 36.2 Å². The Bertz CT molecular complexity index is 386. The SMILES string of the molecule is CCCC(C)(C)Nc1nc[nH]c(=O)c1Br. The summed E-state index contributed by atoms with van der Waals surface area (Å²) in [4.78, 5) is 17.9. The second kappa shape index (κ2) is 4.79. The van der Waals surface area contributed by atoms with Gasteiger partial charge in [-0.2, -0.15) is 0 Å². The highest BCUT2D eigenvalue weighted by molar-refractivity contribution is 9.10. The highest BCUT2D eigenvalue weighted by Gasteiger charge is 2.18. The molecule has 0 aliphatic rings. The molecule has 0 bridgehead atoms. The molecule has 1 aromatic heterocycles. The van der Waals surface area contributed by atoms with Crippen LogP contribution in [0.2, 0.25) is 0 Å². The van der Waals surface area contributed by atoms with Crippen LogP contribution in [0.1, 0.15) is 33.6 Å². The molecule has 0 saturated carbocycles. The number of hydrogen-bond acceptors (Lipinski definition) is 3. The van der Waals surface area contributed by atoms with Gasteiger partial charge in [0.2, 0.25) is 0 Å². The van der Waals surface area contributed by atoms with Crippen LogP contribution in [-0.4, -0.2) is 15.5 Å².